The van der Waals surface area contributed by atoms with Gasteiger partial charge in [-0.25, -0.2) is 9.37 Å². The molecule has 0 saturated carbocycles. The van der Waals surface area contributed by atoms with E-state index in [9.17, 15) is 17.6 Å². The second kappa shape index (κ2) is 9.97. The summed E-state index contributed by atoms with van der Waals surface area (Å²) in [6.45, 7) is 1.82. The maximum atomic E-state index is 14.6. The molecule has 2 aromatic carbocycles. The number of hydrogen-bond donors (Lipinski definition) is 2. The molecule has 0 radical (unpaired) electrons. The van der Waals surface area contributed by atoms with Crippen LogP contribution in [0.1, 0.15) is 24.1 Å². The quantitative estimate of drug-likeness (QED) is 0.293. The first-order chi connectivity index (χ1) is 15.1. The first kappa shape index (κ1) is 24.1. The highest BCUT2D eigenvalue weighted by molar-refractivity contribution is 9.10. The van der Waals surface area contributed by atoms with Gasteiger partial charge in [0, 0.05) is 29.6 Å². The van der Waals surface area contributed by atoms with Crippen LogP contribution in [0.3, 0.4) is 0 Å². The van der Waals surface area contributed by atoms with Crippen molar-refractivity contribution < 1.29 is 27.0 Å². The van der Waals surface area contributed by atoms with E-state index < -0.39 is 29.9 Å². The van der Waals surface area contributed by atoms with E-state index in [1.807, 2.05) is 0 Å². The van der Waals surface area contributed by atoms with Crippen LogP contribution < -0.4 is 10.6 Å². The number of aromatic nitrogens is 2. The molecule has 6 nitrogen and oxygen atoms in total. The molecule has 32 heavy (non-hydrogen) atoms. The SMILES string of the molecule is COC(CNc1nc(N[C@H](C)c2cccc(C(F)(F)F)c2F)c2cc(Br)ccc2n1)OC. The maximum Gasteiger partial charge on any atom is 0.419 e. The molecule has 0 unspecified atom stereocenters. The van der Waals surface area contributed by atoms with Gasteiger partial charge in [0.15, 0.2) is 6.29 Å². The van der Waals surface area contributed by atoms with Gasteiger partial charge in [-0.15, -0.1) is 0 Å². The molecule has 0 saturated heterocycles. The Morgan fingerprint density at radius 2 is 1.81 bits per heavy atom. The molecule has 1 aromatic heterocycles. The van der Waals surface area contributed by atoms with E-state index in [0.717, 1.165) is 4.47 Å². The highest BCUT2D eigenvalue weighted by Crippen LogP contribution is 2.35. The van der Waals surface area contributed by atoms with Crippen LogP contribution in [-0.4, -0.2) is 37.0 Å². The number of benzene rings is 2. The molecule has 0 aliphatic rings. The van der Waals surface area contributed by atoms with Crippen LogP contribution in [0.2, 0.25) is 0 Å². The van der Waals surface area contributed by atoms with Crippen LogP contribution in [0.15, 0.2) is 40.9 Å². The minimum Gasteiger partial charge on any atom is -0.363 e. The standard InChI is InChI=1S/C21H21BrF4N4O2/c1-11(13-5-4-6-15(18(13)23)21(24,25)26)28-19-14-9-12(22)7-8-16(14)29-20(30-19)27-10-17(31-2)32-3/h4-9,11,17H,10H2,1-3H3,(H2,27,28,29,30)/t11-/m1/s1. The topological polar surface area (TPSA) is 68.3 Å². The van der Waals surface area contributed by atoms with Crippen LogP contribution in [0, 0.1) is 5.82 Å². The summed E-state index contributed by atoms with van der Waals surface area (Å²) in [6.07, 6.45) is -5.32. The van der Waals surface area contributed by atoms with E-state index in [1.54, 1.807) is 25.1 Å². The number of anilines is 2. The molecule has 0 spiro atoms. The zero-order valence-electron chi connectivity index (χ0n) is 17.4. The monoisotopic (exact) mass is 516 g/mol. The van der Waals surface area contributed by atoms with E-state index in [2.05, 4.69) is 36.5 Å². The Morgan fingerprint density at radius 1 is 1.09 bits per heavy atom. The predicted octanol–water partition coefficient (Wildman–Crippen LogP) is 5.75. The van der Waals surface area contributed by atoms with Crippen LogP contribution >= 0.6 is 15.9 Å². The van der Waals surface area contributed by atoms with Gasteiger partial charge in [-0.1, -0.05) is 28.1 Å². The van der Waals surface area contributed by atoms with E-state index in [-0.39, 0.29) is 18.1 Å². The van der Waals surface area contributed by atoms with Crippen molar-refractivity contribution in [2.75, 3.05) is 31.4 Å². The second-order valence-corrected chi connectivity index (χ2v) is 7.83. The van der Waals surface area contributed by atoms with E-state index in [0.29, 0.717) is 22.8 Å². The number of ether oxygens (including phenoxy) is 2. The molecule has 172 valence electrons. The number of nitrogens with zero attached hydrogens (tertiary/aromatic N) is 2. The Labute approximate surface area is 190 Å². The zero-order chi connectivity index (χ0) is 23.5. The van der Waals surface area contributed by atoms with Gasteiger partial charge in [-0.05, 0) is 31.2 Å². The molecule has 0 bridgehead atoms. The smallest absolute Gasteiger partial charge is 0.363 e. The third kappa shape index (κ3) is 5.45. The zero-order valence-corrected chi connectivity index (χ0v) is 19.0. The molecule has 0 amide bonds. The van der Waals surface area contributed by atoms with Crippen molar-refractivity contribution in [3.8, 4) is 0 Å². The number of methoxy groups -OCH3 is 2. The van der Waals surface area contributed by atoms with Crippen LogP contribution in [0.4, 0.5) is 29.3 Å². The Balaban J connectivity index is 1.97. The number of rotatable bonds is 8. The third-order valence-corrected chi connectivity index (χ3v) is 5.26. The number of halogens is 5. The van der Waals surface area contributed by atoms with Gasteiger partial charge in [0.1, 0.15) is 11.6 Å². The highest BCUT2D eigenvalue weighted by Gasteiger charge is 2.35. The summed E-state index contributed by atoms with van der Waals surface area (Å²) >= 11 is 3.39. The van der Waals surface area contributed by atoms with Gasteiger partial charge in [0.25, 0.3) is 0 Å². The van der Waals surface area contributed by atoms with E-state index in [1.165, 1.54) is 26.4 Å². The molecule has 0 fully saturated rings. The Hall–Kier alpha value is -2.50. The van der Waals surface area contributed by atoms with Crippen molar-refractivity contribution in [1.29, 1.82) is 0 Å². The Bertz CT molecular complexity index is 1090. The lowest BCUT2D eigenvalue weighted by Gasteiger charge is -2.20. The van der Waals surface area contributed by atoms with Crippen LogP contribution in [0.5, 0.6) is 0 Å². The fourth-order valence-corrected chi connectivity index (χ4v) is 3.47. The van der Waals surface area contributed by atoms with Gasteiger partial charge in [-0.3, -0.25) is 0 Å². The minimum atomic E-state index is -4.79. The predicted molar refractivity (Wildman–Crippen MR) is 117 cm³/mol. The first-order valence-corrected chi connectivity index (χ1v) is 10.3. The third-order valence-electron chi connectivity index (χ3n) is 4.76. The van der Waals surface area contributed by atoms with E-state index in [4.69, 9.17) is 9.47 Å². The molecule has 2 N–H and O–H groups in total. The number of fused-ring (bicyclic) bond motifs is 1. The number of hydrogen-bond acceptors (Lipinski definition) is 6. The lowest BCUT2D eigenvalue weighted by Crippen LogP contribution is -2.24. The Morgan fingerprint density at radius 3 is 2.47 bits per heavy atom. The molecule has 1 atom stereocenters. The van der Waals surface area contributed by atoms with Gasteiger partial charge in [0.05, 0.1) is 23.7 Å². The first-order valence-electron chi connectivity index (χ1n) is 9.53. The van der Waals surface area contributed by atoms with E-state index >= 15 is 0 Å². The van der Waals surface area contributed by atoms with Gasteiger partial charge in [-0.2, -0.15) is 18.2 Å². The molecule has 3 aromatic rings. The van der Waals surface area contributed by atoms with Crippen LogP contribution in [-0.2, 0) is 15.7 Å². The van der Waals surface area contributed by atoms with Crippen molar-refractivity contribution in [1.82, 2.24) is 9.97 Å². The van der Waals surface area contributed by atoms with Gasteiger partial charge >= 0.3 is 6.18 Å². The lowest BCUT2D eigenvalue weighted by molar-refractivity contribution is -0.140. The average Bonchev–Trinajstić information content (AvgIpc) is 2.74. The summed E-state index contributed by atoms with van der Waals surface area (Å²) in [4.78, 5) is 8.88. The fraction of sp³-hybridized carbons (Fsp3) is 0.333. The summed E-state index contributed by atoms with van der Waals surface area (Å²) in [5.41, 5.74) is -0.863. The van der Waals surface area contributed by atoms with Crippen molar-refractivity contribution in [2.24, 2.45) is 0 Å². The summed E-state index contributed by atoms with van der Waals surface area (Å²) in [5, 5.41) is 6.63. The summed E-state index contributed by atoms with van der Waals surface area (Å²) < 4.78 is 65.0. The van der Waals surface area contributed by atoms with Gasteiger partial charge in [0.2, 0.25) is 5.95 Å². The molecular formula is C21H21BrF4N4O2. The minimum absolute atomic E-state index is 0.130. The molecule has 0 aliphatic carbocycles. The van der Waals surface area contributed by atoms with Crippen LogP contribution in [0.25, 0.3) is 10.9 Å². The number of nitrogens with one attached hydrogen (secondary N) is 2. The van der Waals surface area contributed by atoms with Crippen molar-refractivity contribution in [2.45, 2.75) is 25.4 Å². The number of alkyl halides is 3. The maximum absolute atomic E-state index is 14.6. The molecule has 1 heterocycles. The van der Waals surface area contributed by atoms with Crippen molar-refractivity contribution in [3.05, 3.63) is 57.8 Å². The summed E-state index contributed by atoms with van der Waals surface area (Å²) in [7, 11) is 2.99. The largest absolute Gasteiger partial charge is 0.419 e. The lowest BCUT2D eigenvalue weighted by atomic mass is 10.0. The molecule has 0 aliphatic heterocycles. The second-order valence-electron chi connectivity index (χ2n) is 6.91. The molecule has 11 heteroatoms. The summed E-state index contributed by atoms with van der Waals surface area (Å²) in [6, 6.07) is 7.71. The highest BCUT2D eigenvalue weighted by atomic mass is 79.9. The normalized spacial score (nSPS) is 12.9. The fourth-order valence-electron chi connectivity index (χ4n) is 3.11. The van der Waals surface area contributed by atoms with Gasteiger partial charge < -0.3 is 20.1 Å². The van der Waals surface area contributed by atoms with Crippen molar-refractivity contribution >= 4 is 38.6 Å². The molecular weight excluding hydrogens is 496 g/mol. The molecule has 3 rings (SSSR count). The average molecular weight is 517 g/mol. The van der Waals surface area contributed by atoms with Crippen molar-refractivity contribution in [3.63, 3.8) is 0 Å². The Kier molecular flexibility index (Phi) is 7.52. The summed E-state index contributed by atoms with van der Waals surface area (Å²) in [5.74, 6) is -0.742.